The summed E-state index contributed by atoms with van der Waals surface area (Å²) in [5, 5.41) is 4.01. The fourth-order valence-electron chi connectivity index (χ4n) is 1.85. The van der Waals surface area contributed by atoms with Crippen molar-refractivity contribution in [3.8, 4) is 0 Å². The summed E-state index contributed by atoms with van der Waals surface area (Å²) in [6.45, 7) is 2.93. The van der Waals surface area contributed by atoms with Crippen LogP contribution in [0.15, 0.2) is 24.3 Å². The molecule has 1 saturated heterocycles. The molecule has 0 radical (unpaired) electrons. The Morgan fingerprint density at radius 1 is 1.47 bits per heavy atom. The molecule has 2 rings (SSSR count). The van der Waals surface area contributed by atoms with Gasteiger partial charge in [0.15, 0.2) is 0 Å². The first-order chi connectivity index (χ1) is 7.31. The highest BCUT2D eigenvalue weighted by Crippen LogP contribution is 2.34. The molecular formula is C12H17NOS. The predicted molar refractivity (Wildman–Crippen MR) is 65.0 cm³/mol. The maximum absolute atomic E-state index is 5.22. The number of thioether (sulfide) groups is 1. The monoisotopic (exact) mass is 223 g/mol. The Kier molecular flexibility index (Phi) is 3.67. The molecule has 2 atom stereocenters. The largest absolute Gasteiger partial charge is 0.380 e. The molecule has 1 heterocycles. The Bertz CT molecular complexity index is 329. The van der Waals surface area contributed by atoms with E-state index in [0.717, 1.165) is 0 Å². The highest BCUT2D eigenvalue weighted by Gasteiger charge is 2.23. The van der Waals surface area contributed by atoms with Gasteiger partial charge in [-0.3, -0.25) is 5.32 Å². The van der Waals surface area contributed by atoms with Gasteiger partial charge < -0.3 is 4.74 Å². The maximum atomic E-state index is 5.22. The summed E-state index contributed by atoms with van der Waals surface area (Å²) >= 11 is 1.98. The Morgan fingerprint density at radius 2 is 2.27 bits per heavy atom. The van der Waals surface area contributed by atoms with Crippen LogP contribution in [0.1, 0.15) is 23.4 Å². The van der Waals surface area contributed by atoms with Gasteiger partial charge in [0.2, 0.25) is 0 Å². The molecule has 1 N–H and O–H groups in total. The highest BCUT2D eigenvalue weighted by atomic mass is 32.2. The molecule has 2 nitrogen and oxygen atoms in total. The zero-order chi connectivity index (χ0) is 10.7. The highest BCUT2D eigenvalue weighted by molar-refractivity contribution is 7.99. The van der Waals surface area contributed by atoms with Crippen LogP contribution in [0, 0.1) is 0 Å². The van der Waals surface area contributed by atoms with Gasteiger partial charge in [-0.2, -0.15) is 0 Å². The van der Waals surface area contributed by atoms with Gasteiger partial charge in [-0.15, -0.1) is 11.8 Å². The van der Waals surface area contributed by atoms with Gasteiger partial charge >= 0.3 is 0 Å². The summed E-state index contributed by atoms with van der Waals surface area (Å²) in [6.07, 6.45) is 0. The summed E-state index contributed by atoms with van der Waals surface area (Å²) in [7, 11) is 1.74. The second-order valence-corrected chi connectivity index (χ2v) is 5.05. The van der Waals surface area contributed by atoms with Crippen molar-refractivity contribution < 1.29 is 4.74 Å². The van der Waals surface area contributed by atoms with Crippen LogP contribution in [0.3, 0.4) is 0 Å². The van der Waals surface area contributed by atoms with Gasteiger partial charge in [0.05, 0.1) is 12.0 Å². The predicted octanol–water partition coefficient (Wildman–Crippen LogP) is 2.56. The van der Waals surface area contributed by atoms with Crippen LogP contribution in [0.25, 0.3) is 0 Å². The normalized spacial score (nSPS) is 25.7. The Hall–Kier alpha value is -0.510. The molecule has 0 saturated carbocycles. The molecule has 1 aromatic rings. The van der Waals surface area contributed by atoms with Crippen molar-refractivity contribution in [3.05, 3.63) is 35.4 Å². The Labute approximate surface area is 95.4 Å². The number of methoxy groups -OCH3 is 1. The minimum absolute atomic E-state index is 0.436. The molecule has 82 valence electrons. The minimum Gasteiger partial charge on any atom is -0.380 e. The van der Waals surface area contributed by atoms with E-state index in [0.29, 0.717) is 18.0 Å². The van der Waals surface area contributed by atoms with Gasteiger partial charge in [0.1, 0.15) is 0 Å². The SMILES string of the molecule is COCc1ccccc1C1NC(C)CS1. The quantitative estimate of drug-likeness (QED) is 0.851. The molecular weight excluding hydrogens is 206 g/mol. The maximum Gasteiger partial charge on any atom is 0.0795 e. The molecule has 15 heavy (non-hydrogen) atoms. The van der Waals surface area contributed by atoms with Crippen LogP contribution in [0.5, 0.6) is 0 Å². The van der Waals surface area contributed by atoms with Crippen molar-refractivity contribution in [1.82, 2.24) is 5.32 Å². The lowest BCUT2D eigenvalue weighted by Crippen LogP contribution is -2.22. The molecule has 2 unspecified atom stereocenters. The lowest BCUT2D eigenvalue weighted by atomic mass is 10.1. The fourth-order valence-corrected chi connectivity index (χ4v) is 3.17. The van der Waals surface area contributed by atoms with E-state index in [2.05, 4.69) is 36.5 Å². The van der Waals surface area contributed by atoms with Crippen molar-refractivity contribution in [2.24, 2.45) is 0 Å². The second-order valence-electron chi connectivity index (χ2n) is 3.91. The molecule has 0 amide bonds. The van der Waals surface area contributed by atoms with Crippen molar-refractivity contribution in [3.63, 3.8) is 0 Å². The van der Waals surface area contributed by atoms with E-state index < -0.39 is 0 Å². The standard InChI is InChI=1S/C12H17NOS/c1-9-8-15-12(13-9)11-6-4-3-5-10(11)7-14-2/h3-6,9,12-13H,7-8H2,1-2H3. The van der Waals surface area contributed by atoms with Crippen LogP contribution < -0.4 is 5.32 Å². The van der Waals surface area contributed by atoms with Crippen LogP contribution >= 0.6 is 11.8 Å². The molecule has 1 fully saturated rings. The molecule has 0 bridgehead atoms. The second kappa shape index (κ2) is 5.01. The minimum atomic E-state index is 0.436. The van der Waals surface area contributed by atoms with Crippen molar-refractivity contribution in [2.45, 2.75) is 24.9 Å². The first-order valence-corrected chi connectivity index (χ1v) is 6.30. The lowest BCUT2D eigenvalue weighted by molar-refractivity contribution is 0.184. The van der Waals surface area contributed by atoms with Gasteiger partial charge in [0.25, 0.3) is 0 Å². The first kappa shape index (κ1) is 11.0. The third-order valence-corrected chi connectivity index (χ3v) is 4.00. The molecule has 1 aliphatic rings. The molecule has 0 spiro atoms. The van der Waals surface area contributed by atoms with Gasteiger partial charge in [-0.1, -0.05) is 24.3 Å². The fraction of sp³-hybridized carbons (Fsp3) is 0.500. The van der Waals surface area contributed by atoms with E-state index in [1.54, 1.807) is 7.11 Å². The molecule has 3 heteroatoms. The third-order valence-electron chi connectivity index (χ3n) is 2.59. The smallest absolute Gasteiger partial charge is 0.0795 e. The summed E-state index contributed by atoms with van der Waals surface area (Å²) < 4.78 is 5.22. The number of ether oxygens (including phenoxy) is 1. The Balaban J connectivity index is 2.19. The number of hydrogen-bond acceptors (Lipinski definition) is 3. The average molecular weight is 223 g/mol. The number of benzene rings is 1. The van der Waals surface area contributed by atoms with Crippen molar-refractivity contribution in [2.75, 3.05) is 12.9 Å². The van der Waals surface area contributed by atoms with Crippen LogP contribution in [-0.4, -0.2) is 18.9 Å². The first-order valence-electron chi connectivity index (χ1n) is 5.25. The van der Waals surface area contributed by atoms with Crippen LogP contribution in [-0.2, 0) is 11.3 Å². The molecule has 1 aliphatic heterocycles. The Morgan fingerprint density at radius 3 is 2.93 bits per heavy atom. The van der Waals surface area contributed by atoms with E-state index in [1.165, 1.54) is 16.9 Å². The number of rotatable bonds is 3. The van der Waals surface area contributed by atoms with E-state index in [9.17, 15) is 0 Å². The van der Waals surface area contributed by atoms with Crippen LogP contribution in [0.4, 0.5) is 0 Å². The number of hydrogen-bond donors (Lipinski definition) is 1. The summed E-state index contributed by atoms with van der Waals surface area (Å²) in [5.74, 6) is 1.19. The summed E-state index contributed by atoms with van der Waals surface area (Å²) in [6, 6.07) is 9.11. The van der Waals surface area contributed by atoms with Crippen molar-refractivity contribution in [1.29, 1.82) is 0 Å². The molecule has 1 aromatic carbocycles. The van der Waals surface area contributed by atoms with E-state index in [1.807, 2.05) is 11.8 Å². The van der Waals surface area contributed by atoms with Gasteiger partial charge in [-0.05, 0) is 18.1 Å². The summed E-state index contributed by atoms with van der Waals surface area (Å²) in [4.78, 5) is 0. The summed E-state index contributed by atoms with van der Waals surface area (Å²) in [5.41, 5.74) is 2.66. The topological polar surface area (TPSA) is 21.3 Å². The zero-order valence-corrected chi connectivity index (χ0v) is 10.0. The van der Waals surface area contributed by atoms with Gasteiger partial charge in [-0.25, -0.2) is 0 Å². The molecule has 0 aliphatic carbocycles. The average Bonchev–Trinajstić information content (AvgIpc) is 2.66. The van der Waals surface area contributed by atoms with Crippen molar-refractivity contribution >= 4 is 11.8 Å². The molecule has 0 aromatic heterocycles. The van der Waals surface area contributed by atoms with E-state index >= 15 is 0 Å². The van der Waals surface area contributed by atoms with Gasteiger partial charge in [0, 0.05) is 18.9 Å². The van der Waals surface area contributed by atoms with E-state index in [4.69, 9.17) is 4.74 Å². The zero-order valence-electron chi connectivity index (χ0n) is 9.19. The van der Waals surface area contributed by atoms with Crippen LogP contribution in [0.2, 0.25) is 0 Å². The lowest BCUT2D eigenvalue weighted by Gasteiger charge is -2.15. The van der Waals surface area contributed by atoms with E-state index in [-0.39, 0.29) is 0 Å². The third kappa shape index (κ3) is 2.54. The number of nitrogens with one attached hydrogen (secondary N) is 1.